The zero-order valence-electron chi connectivity index (χ0n) is 14.2. The van der Waals surface area contributed by atoms with Crippen LogP contribution in [-0.2, 0) is 0 Å². The zero-order chi connectivity index (χ0) is 17.3. The molecule has 3 aromatic rings. The molecule has 0 spiro atoms. The minimum atomic E-state index is 0.130. The molecule has 1 unspecified atom stereocenters. The second kappa shape index (κ2) is 6.73. The summed E-state index contributed by atoms with van der Waals surface area (Å²) in [6.07, 6.45) is 0. The Hall–Kier alpha value is -2.21. The maximum atomic E-state index is 4.67. The van der Waals surface area contributed by atoms with Gasteiger partial charge in [-0.3, -0.25) is 0 Å². The molecule has 0 aliphatic heterocycles. The van der Waals surface area contributed by atoms with Gasteiger partial charge in [0.2, 0.25) is 0 Å². The summed E-state index contributed by atoms with van der Waals surface area (Å²) < 4.78 is 2.64. The Kier molecular flexibility index (Phi) is 4.66. The van der Waals surface area contributed by atoms with Crippen molar-refractivity contribution in [2.75, 3.05) is 5.32 Å². The highest BCUT2D eigenvalue weighted by Crippen LogP contribution is 2.28. The summed E-state index contributed by atoms with van der Waals surface area (Å²) in [5.41, 5.74) is 4.03. The van der Waals surface area contributed by atoms with Crippen molar-refractivity contribution in [3.63, 3.8) is 0 Å². The number of aromatic nitrogens is 4. The van der Waals surface area contributed by atoms with Gasteiger partial charge in [-0.2, -0.15) is 10.1 Å². The lowest BCUT2D eigenvalue weighted by atomic mass is 10.1. The van der Waals surface area contributed by atoms with Gasteiger partial charge >= 0.3 is 0 Å². The Morgan fingerprint density at radius 2 is 1.79 bits per heavy atom. The van der Waals surface area contributed by atoms with E-state index in [1.165, 1.54) is 5.56 Å². The number of benzene rings is 1. The molecular weight excluding hydrogens is 366 g/mol. The van der Waals surface area contributed by atoms with Gasteiger partial charge in [-0.15, -0.1) is 0 Å². The SMILES string of the molecule is Cc1cc(C)n(-c2nc(C)c(Br)c(NC(C)c3ccccc3)n2)n1. The molecule has 2 aromatic heterocycles. The van der Waals surface area contributed by atoms with Gasteiger partial charge in [0.1, 0.15) is 5.82 Å². The maximum absolute atomic E-state index is 4.67. The van der Waals surface area contributed by atoms with Crippen LogP contribution in [0.5, 0.6) is 0 Å². The van der Waals surface area contributed by atoms with Crippen LogP contribution < -0.4 is 5.32 Å². The Balaban J connectivity index is 1.97. The van der Waals surface area contributed by atoms with Crippen LogP contribution in [-0.4, -0.2) is 19.7 Å². The van der Waals surface area contributed by atoms with E-state index >= 15 is 0 Å². The topological polar surface area (TPSA) is 55.6 Å². The molecule has 24 heavy (non-hydrogen) atoms. The second-order valence-corrected chi connectivity index (χ2v) is 6.68. The van der Waals surface area contributed by atoms with Crippen LogP contribution >= 0.6 is 15.9 Å². The third kappa shape index (κ3) is 3.33. The molecule has 5 nitrogen and oxygen atoms in total. The number of rotatable bonds is 4. The minimum absolute atomic E-state index is 0.130. The molecule has 0 fully saturated rings. The van der Waals surface area contributed by atoms with E-state index in [1.807, 2.05) is 45.0 Å². The van der Waals surface area contributed by atoms with Crippen molar-refractivity contribution < 1.29 is 0 Å². The van der Waals surface area contributed by atoms with E-state index in [1.54, 1.807) is 4.68 Å². The third-order valence-electron chi connectivity index (χ3n) is 3.86. The molecular formula is C18H20BrN5. The summed E-state index contributed by atoms with van der Waals surface area (Å²) in [6.45, 7) is 8.04. The quantitative estimate of drug-likeness (QED) is 0.716. The van der Waals surface area contributed by atoms with Crippen molar-refractivity contribution in [1.82, 2.24) is 19.7 Å². The van der Waals surface area contributed by atoms with Gasteiger partial charge < -0.3 is 5.32 Å². The molecule has 124 valence electrons. The Morgan fingerprint density at radius 3 is 2.42 bits per heavy atom. The highest BCUT2D eigenvalue weighted by molar-refractivity contribution is 9.10. The normalized spacial score (nSPS) is 12.2. The van der Waals surface area contributed by atoms with Crippen LogP contribution in [0.2, 0.25) is 0 Å². The summed E-state index contributed by atoms with van der Waals surface area (Å²) >= 11 is 3.59. The molecule has 0 bridgehead atoms. The number of nitrogens with one attached hydrogen (secondary N) is 1. The van der Waals surface area contributed by atoms with Gasteiger partial charge in [-0.05, 0) is 55.3 Å². The molecule has 6 heteroatoms. The first kappa shape index (κ1) is 16.6. The smallest absolute Gasteiger partial charge is 0.253 e. The molecule has 0 amide bonds. The van der Waals surface area contributed by atoms with Gasteiger partial charge in [0.05, 0.1) is 15.9 Å². The molecule has 0 saturated heterocycles. The highest BCUT2D eigenvalue weighted by Gasteiger charge is 2.15. The van der Waals surface area contributed by atoms with Crippen LogP contribution in [0.4, 0.5) is 5.82 Å². The molecule has 1 atom stereocenters. The van der Waals surface area contributed by atoms with E-state index in [-0.39, 0.29) is 6.04 Å². The van der Waals surface area contributed by atoms with Gasteiger partial charge in [-0.1, -0.05) is 30.3 Å². The minimum Gasteiger partial charge on any atom is -0.362 e. The van der Waals surface area contributed by atoms with Crippen LogP contribution in [0.3, 0.4) is 0 Å². The molecule has 3 rings (SSSR count). The summed E-state index contributed by atoms with van der Waals surface area (Å²) in [4.78, 5) is 9.23. The predicted octanol–water partition coefficient (Wildman–Crippen LogP) is 4.52. The first-order valence-electron chi connectivity index (χ1n) is 7.85. The summed E-state index contributed by atoms with van der Waals surface area (Å²) in [7, 11) is 0. The zero-order valence-corrected chi connectivity index (χ0v) is 15.8. The van der Waals surface area contributed by atoms with E-state index < -0.39 is 0 Å². The average molecular weight is 386 g/mol. The monoisotopic (exact) mass is 385 g/mol. The third-order valence-corrected chi connectivity index (χ3v) is 4.81. The Morgan fingerprint density at radius 1 is 1.08 bits per heavy atom. The average Bonchev–Trinajstić information content (AvgIpc) is 2.91. The van der Waals surface area contributed by atoms with Crippen molar-refractivity contribution in [3.05, 3.63) is 63.5 Å². The Bertz CT molecular complexity index is 857. The predicted molar refractivity (Wildman–Crippen MR) is 99.5 cm³/mol. The van der Waals surface area contributed by atoms with Crippen molar-refractivity contribution in [2.24, 2.45) is 0 Å². The van der Waals surface area contributed by atoms with Gasteiger partial charge in [0.25, 0.3) is 5.95 Å². The maximum Gasteiger partial charge on any atom is 0.253 e. The van der Waals surface area contributed by atoms with E-state index in [4.69, 9.17) is 0 Å². The van der Waals surface area contributed by atoms with E-state index in [9.17, 15) is 0 Å². The standard InChI is InChI=1S/C18H20BrN5/c1-11-10-12(2)24(23-11)18-21-14(4)16(19)17(22-18)20-13(3)15-8-6-5-7-9-15/h5-10,13H,1-4H3,(H,20,21,22). The number of hydrogen-bond acceptors (Lipinski definition) is 4. The molecule has 0 saturated carbocycles. The van der Waals surface area contributed by atoms with E-state index in [0.29, 0.717) is 5.95 Å². The summed E-state index contributed by atoms with van der Waals surface area (Å²) in [6, 6.07) is 12.4. The first-order chi connectivity index (χ1) is 11.5. The summed E-state index contributed by atoms with van der Waals surface area (Å²) in [5.74, 6) is 1.34. The van der Waals surface area contributed by atoms with Crippen LogP contribution in [0.1, 0.15) is 35.6 Å². The molecule has 2 heterocycles. The number of anilines is 1. The number of aryl methyl sites for hydroxylation is 3. The van der Waals surface area contributed by atoms with E-state index in [0.717, 1.165) is 27.4 Å². The largest absolute Gasteiger partial charge is 0.362 e. The van der Waals surface area contributed by atoms with E-state index in [2.05, 4.69) is 55.4 Å². The fraction of sp³-hybridized carbons (Fsp3) is 0.278. The van der Waals surface area contributed by atoms with Gasteiger partial charge in [-0.25, -0.2) is 9.67 Å². The molecule has 0 radical (unpaired) electrons. The first-order valence-corrected chi connectivity index (χ1v) is 8.64. The highest BCUT2D eigenvalue weighted by atomic mass is 79.9. The number of halogens is 1. The second-order valence-electron chi connectivity index (χ2n) is 5.89. The summed E-state index contributed by atoms with van der Waals surface area (Å²) in [5, 5.41) is 7.94. The van der Waals surface area contributed by atoms with Crippen LogP contribution in [0.25, 0.3) is 5.95 Å². The molecule has 1 N–H and O–H groups in total. The van der Waals surface area contributed by atoms with Crippen LogP contribution in [0.15, 0.2) is 40.9 Å². The van der Waals surface area contributed by atoms with Crippen molar-refractivity contribution in [3.8, 4) is 5.95 Å². The lowest BCUT2D eigenvalue weighted by Crippen LogP contribution is -2.13. The van der Waals surface area contributed by atoms with Crippen molar-refractivity contribution >= 4 is 21.7 Å². The fourth-order valence-corrected chi connectivity index (χ4v) is 2.89. The number of nitrogens with zero attached hydrogens (tertiary/aromatic N) is 4. The molecule has 0 aliphatic carbocycles. The van der Waals surface area contributed by atoms with Crippen LogP contribution in [0, 0.1) is 20.8 Å². The molecule has 0 aliphatic rings. The van der Waals surface area contributed by atoms with Crippen molar-refractivity contribution in [2.45, 2.75) is 33.7 Å². The van der Waals surface area contributed by atoms with Gasteiger partial charge in [0, 0.05) is 11.7 Å². The van der Waals surface area contributed by atoms with Gasteiger partial charge in [0.15, 0.2) is 0 Å². The molecule has 1 aromatic carbocycles. The fourth-order valence-electron chi connectivity index (χ4n) is 2.60. The lowest BCUT2D eigenvalue weighted by molar-refractivity contribution is 0.762. The van der Waals surface area contributed by atoms with Crippen molar-refractivity contribution in [1.29, 1.82) is 0 Å². The lowest BCUT2D eigenvalue weighted by Gasteiger charge is -2.17. The Labute approximate surface area is 150 Å². The number of hydrogen-bond donors (Lipinski definition) is 1.